The summed E-state index contributed by atoms with van der Waals surface area (Å²) in [6.07, 6.45) is 3.73. The third-order valence-corrected chi connectivity index (χ3v) is 3.20. The van der Waals surface area contributed by atoms with E-state index in [0.29, 0.717) is 11.3 Å². The molecule has 0 fully saturated rings. The zero-order valence-corrected chi connectivity index (χ0v) is 12.1. The molecule has 0 N–H and O–H groups in total. The Kier molecular flexibility index (Phi) is 5.60. The first-order valence-electron chi connectivity index (χ1n) is 6.99. The largest absolute Gasteiger partial charge is 0.496 e. The van der Waals surface area contributed by atoms with Crippen LogP contribution in [0.3, 0.4) is 0 Å². The van der Waals surface area contributed by atoms with Gasteiger partial charge in [0.2, 0.25) is 0 Å². The minimum Gasteiger partial charge on any atom is -0.496 e. The molecule has 0 aliphatic heterocycles. The number of unbranched alkanes of at least 4 members (excludes halogenated alkanes) is 1. The van der Waals surface area contributed by atoms with E-state index >= 15 is 0 Å². The number of carbonyl (C=O) groups excluding carboxylic acids is 1. The second-order valence-electron chi connectivity index (χ2n) is 4.72. The maximum absolute atomic E-state index is 10.8. The van der Waals surface area contributed by atoms with Crippen molar-refractivity contribution in [1.82, 2.24) is 0 Å². The molecule has 0 aliphatic rings. The highest BCUT2D eigenvalue weighted by molar-refractivity contribution is 5.79. The van der Waals surface area contributed by atoms with E-state index in [0.717, 1.165) is 31.1 Å². The summed E-state index contributed by atoms with van der Waals surface area (Å²) in [7, 11) is 1.55. The first kappa shape index (κ1) is 14.9. The predicted molar refractivity (Wildman–Crippen MR) is 84.6 cm³/mol. The molecule has 21 heavy (non-hydrogen) atoms. The molecule has 0 radical (unpaired) electrons. The molecule has 2 aromatic rings. The topological polar surface area (TPSA) is 26.3 Å². The summed E-state index contributed by atoms with van der Waals surface area (Å²) in [6, 6.07) is 15.8. The molecule has 0 unspecified atom stereocenters. The van der Waals surface area contributed by atoms with E-state index in [2.05, 4.69) is 36.1 Å². The van der Waals surface area contributed by atoms with Crippen LogP contribution in [-0.4, -0.2) is 13.4 Å². The van der Waals surface area contributed by atoms with Gasteiger partial charge < -0.3 is 4.74 Å². The minimum atomic E-state index is 0.548. The van der Waals surface area contributed by atoms with Crippen LogP contribution in [-0.2, 0) is 6.42 Å². The molecule has 0 bridgehead atoms. The number of hydrogen-bond acceptors (Lipinski definition) is 2. The van der Waals surface area contributed by atoms with E-state index in [1.807, 2.05) is 12.1 Å². The lowest BCUT2D eigenvalue weighted by Gasteiger charge is -2.02. The van der Waals surface area contributed by atoms with Crippen molar-refractivity contribution in [3.05, 3.63) is 65.2 Å². The van der Waals surface area contributed by atoms with Crippen molar-refractivity contribution in [1.29, 1.82) is 0 Å². The van der Waals surface area contributed by atoms with Crippen molar-refractivity contribution >= 4 is 6.29 Å². The fourth-order valence-electron chi connectivity index (χ4n) is 2.08. The first-order chi connectivity index (χ1) is 10.3. The molecular formula is C19H18O2. The summed E-state index contributed by atoms with van der Waals surface area (Å²) >= 11 is 0. The maximum Gasteiger partial charge on any atom is 0.153 e. The van der Waals surface area contributed by atoms with Crippen molar-refractivity contribution in [2.45, 2.75) is 19.3 Å². The average molecular weight is 278 g/mol. The van der Waals surface area contributed by atoms with Gasteiger partial charge in [-0.25, -0.2) is 0 Å². The fourth-order valence-corrected chi connectivity index (χ4v) is 2.08. The summed E-state index contributed by atoms with van der Waals surface area (Å²) in [5.74, 6) is 6.85. The van der Waals surface area contributed by atoms with Crippen molar-refractivity contribution in [2.75, 3.05) is 7.11 Å². The molecule has 2 heteroatoms. The number of aldehydes is 1. The van der Waals surface area contributed by atoms with Gasteiger partial charge in [0.15, 0.2) is 6.29 Å². The van der Waals surface area contributed by atoms with Crippen LogP contribution in [0.15, 0.2) is 48.5 Å². The zero-order valence-electron chi connectivity index (χ0n) is 12.1. The Labute approximate surface area is 125 Å². The van der Waals surface area contributed by atoms with Gasteiger partial charge in [-0.1, -0.05) is 42.2 Å². The van der Waals surface area contributed by atoms with Gasteiger partial charge in [0.1, 0.15) is 5.75 Å². The van der Waals surface area contributed by atoms with Crippen LogP contribution in [0.25, 0.3) is 0 Å². The lowest BCUT2D eigenvalue weighted by Crippen LogP contribution is -1.91. The highest BCUT2D eigenvalue weighted by atomic mass is 16.5. The SMILES string of the molecule is COc1cc(C#CCCCc2ccccc2)ccc1C=O. The summed E-state index contributed by atoms with van der Waals surface area (Å²) in [5, 5.41) is 0. The summed E-state index contributed by atoms with van der Waals surface area (Å²) < 4.78 is 5.16. The van der Waals surface area contributed by atoms with Gasteiger partial charge in [0.05, 0.1) is 12.7 Å². The van der Waals surface area contributed by atoms with Gasteiger partial charge in [-0.15, -0.1) is 0 Å². The van der Waals surface area contributed by atoms with E-state index in [1.54, 1.807) is 19.2 Å². The second-order valence-corrected chi connectivity index (χ2v) is 4.72. The monoisotopic (exact) mass is 278 g/mol. The summed E-state index contributed by atoms with van der Waals surface area (Å²) in [5.41, 5.74) is 2.76. The van der Waals surface area contributed by atoms with E-state index in [1.165, 1.54) is 5.56 Å². The quantitative estimate of drug-likeness (QED) is 0.471. The van der Waals surface area contributed by atoms with Gasteiger partial charge in [0, 0.05) is 12.0 Å². The maximum atomic E-state index is 10.8. The third kappa shape index (κ3) is 4.50. The molecular weight excluding hydrogens is 260 g/mol. The number of carbonyl (C=O) groups is 1. The van der Waals surface area contributed by atoms with E-state index < -0.39 is 0 Å². The Morgan fingerprint density at radius 1 is 1.14 bits per heavy atom. The van der Waals surface area contributed by atoms with Crippen LogP contribution in [0.1, 0.15) is 34.3 Å². The van der Waals surface area contributed by atoms with Crippen LogP contribution < -0.4 is 4.74 Å². The van der Waals surface area contributed by atoms with Crippen LogP contribution in [0.5, 0.6) is 5.75 Å². The summed E-state index contributed by atoms with van der Waals surface area (Å²) in [6.45, 7) is 0. The average Bonchev–Trinajstić information content (AvgIpc) is 2.55. The Morgan fingerprint density at radius 2 is 1.95 bits per heavy atom. The zero-order chi connectivity index (χ0) is 14.9. The number of aryl methyl sites for hydroxylation is 1. The molecule has 0 amide bonds. The van der Waals surface area contributed by atoms with Crippen LogP contribution in [0.2, 0.25) is 0 Å². The van der Waals surface area contributed by atoms with E-state index in [9.17, 15) is 4.79 Å². The molecule has 0 spiro atoms. The minimum absolute atomic E-state index is 0.548. The number of hydrogen-bond donors (Lipinski definition) is 0. The Bertz CT molecular complexity index is 648. The molecule has 0 saturated carbocycles. The van der Waals surface area contributed by atoms with Gasteiger partial charge in [0.25, 0.3) is 0 Å². The molecule has 2 nitrogen and oxygen atoms in total. The van der Waals surface area contributed by atoms with Gasteiger partial charge in [-0.2, -0.15) is 0 Å². The van der Waals surface area contributed by atoms with Crippen LogP contribution in [0, 0.1) is 11.8 Å². The number of rotatable bonds is 5. The molecule has 106 valence electrons. The third-order valence-electron chi connectivity index (χ3n) is 3.20. The molecule has 0 saturated heterocycles. The highest BCUT2D eigenvalue weighted by Gasteiger charge is 2.01. The number of methoxy groups -OCH3 is 1. The molecule has 2 aromatic carbocycles. The van der Waals surface area contributed by atoms with Crippen molar-refractivity contribution < 1.29 is 9.53 Å². The first-order valence-corrected chi connectivity index (χ1v) is 6.99. The Morgan fingerprint density at radius 3 is 2.67 bits per heavy atom. The number of ether oxygens (including phenoxy) is 1. The van der Waals surface area contributed by atoms with E-state index in [4.69, 9.17) is 4.74 Å². The second kappa shape index (κ2) is 7.91. The van der Waals surface area contributed by atoms with Gasteiger partial charge in [-0.05, 0) is 36.6 Å². The van der Waals surface area contributed by atoms with Crippen molar-refractivity contribution in [3.8, 4) is 17.6 Å². The predicted octanol–water partition coefficient (Wildman–Crippen LogP) is 3.88. The molecule has 2 rings (SSSR count). The lowest BCUT2D eigenvalue weighted by atomic mass is 10.1. The summed E-state index contributed by atoms with van der Waals surface area (Å²) in [4.78, 5) is 10.8. The van der Waals surface area contributed by atoms with Gasteiger partial charge >= 0.3 is 0 Å². The van der Waals surface area contributed by atoms with Crippen LogP contribution in [0.4, 0.5) is 0 Å². The van der Waals surface area contributed by atoms with Gasteiger partial charge in [-0.3, -0.25) is 4.79 Å². The van der Waals surface area contributed by atoms with E-state index in [-0.39, 0.29) is 0 Å². The highest BCUT2D eigenvalue weighted by Crippen LogP contribution is 2.17. The smallest absolute Gasteiger partial charge is 0.153 e. The Hall–Kier alpha value is -2.53. The molecule has 0 heterocycles. The molecule has 0 aromatic heterocycles. The molecule has 0 aliphatic carbocycles. The fraction of sp³-hybridized carbons (Fsp3) is 0.211. The lowest BCUT2D eigenvalue weighted by molar-refractivity contribution is 0.112. The van der Waals surface area contributed by atoms with Crippen LogP contribution >= 0.6 is 0 Å². The number of benzene rings is 2. The van der Waals surface area contributed by atoms with Crippen molar-refractivity contribution in [3.63, 3.8) is 0 Å². The Balaban J connectivity index is 1.89. The normalized spacial score (nSPS) is 9.57. The standard InChI is InChI=1S/C19H18O2/c1-21-19-14-17(12-13-18(19)15-20)11-7-3-6-10-16-8-4-2-5-9-16/h2,4-5,8-9,12-15H,3,6,10H2,1H3. The molecule has 0 atom stereocenters. The van der Waals surface area contributed by atoms with Crippen molar-refractivity contribution in [2.24, 2.45) is 0 Å².